The molecule has 132 valence electrons. The molecule has 1 aromatic heterocycles. The van der Waals surface area contributed by atoms with Crippen molar-refractivity contribution in [1.82, 2.24) is 14.5 Å². The van der Waals surface area contributed by atoms with Crippen LogP contribution in [-0.4, -0.2) is 40.6 Å². The first-order chi connectivity index (χ1) is 11.2. The van der Waals surface area contributed by atoms with Crippen LogP contribution in [-0.2, 0) is 13.6 Å². The average molecular weight is 443 g/mol. The van der Waals surface area contributed by atoms with E-state index in [1.807, 2.05) is 25.2 Å². The fraction of sp³-hybridized carbons (Fsp3) is 0.529. The molecular weight excluding hydrogens is 417 g/mol. The molecule has 1 aliphatic rings. The third-order valence-electron chi connectivity index (χ3n) is 4.49. The van der Waals surface area contributed by atoms with Gasteiger partial charge in [-0.1, -0.05) is 12.8 Å². The number of guanidine groups is 1. The van der Waals surface area contributed by atoms with Crippen LogP contribution in [0, 0.1) is 0 Å². The third-order valence-corrected chi connectivity index (χ3v) is 4.49. The number of likely N-dealkylation sites (tertiary alicyclic amines) is 1. The number of rotatable bonds is 3. The average Bonchev–Trinajstić information content (AvgIpc) is 2.75. The standard InChI is InChI=1S/C17H25N5O.HI/c1-21-15-8-7-13(23-2)11-14(15)20-16(21)12-19-17(18)22-9-5-3-4-6-10-22;/h7-8,11H,3-6,9-10,12H2,1-2H3,(H2,18,19);1H. The number of hydrogen-bond acceptors (Lipinski definition) is 3. The zero-order valence-electron chi connectivity index (χ0n) is 14.4. The van der Waals surface area contributed by atoms with Gasteiger partial charge in [-0.2, -0.15) is 0 Å². The van der Waals surface area contributed by atoms with Gasteiger partial charge in [0.2, 0.25) is 0 Å². The number of aryl methyl sites for hydroxylation is 1. The minimum absolute atomic E-state index is 0. The molecule has 7 heteroatoms. The monoisotopic (exact) mass is 443 g/mol. The predicted molar refractivity (Wildman–Crippen MR) is 108 cm³/mol. The number of aromatic nitrogens is 2. The number of ether oxygens (including phenoxy) is 1. The summed E-state index contributed by atoms with van der Waals surface area (Å²) in [6.45, 7) is 2.51. The summed E-state index contributed by atoms with van der Waals surface area (Å²) in [5.41, 5.74) is 8.17. The first-order valence-corrected chi connectivity index (χ1v) is 8.23. The summed E-state index contributed by atoms with van der Waals surface area (Å²) in [5, 5.41) is 0. The van der Waals surface area contributed by atoms with Gasteiger partial charge in [-0.3, -0.25) is 0 Å². The molecule has 0 spiro atoms. The summed E-state index contributed by atoms with van der Waals surface area (Å²) in [4.78, 5) is 11.4. The molecule has 0 unspecified atom stereocenters. The molecule has 3 rings (SSSR count). The lowest BCUT2D eigenvalue weighted by Crippen LogP contribution is -2.38. The van der Waals surface area contributed by atoms with Crippen LogP contribution in [0.3, 0.4) is 0 Å². The second kappa shape index (κ2) is 8.55. The second-order valence-corrected chi connectivity index (χ2v) is 6.02. The van der Waals surface area contributed by atoms with Crippen LogP contribution in [0.1, 0.15) is 31.5 Å². The Balaban J connectivity index is 0.00000208. The minimum atomic E-state index is 0. The third kappa shape index (κ3) is 4.12. The van der Waals surface area contributed by atoms with Gasteiger partial charge in [-0.15, -0.1) is 24.0 Å². The highest BCUT2D eigenvalue weighted by Crippen LogP contribution is 2.21. The Morgan fingerprint density at radius 2 is 1.96 bits per heavy atom. The van der Waals surface area contributed by atoms with Crippen molar-refractivity contribution in [2.45, 2.75) is 32.2 Å². The van der Waals surface area contributed by atoms with E-state index in [0.29, 0.717) is 12.5 Å². The highest BCUT2D eigenvalue weighted by Gasteiger charge is 2.12. The molecule has 24 heavy (non-hydrogen) atoms. The molecule has 0 amide bonds. The molecule has 2 N–H and O–H groups in total. The smallest absolute Gasteiger partial charge is 0.191 e. The number of nitrogens with zero attached hydrogens (tertiary/aromatic N) is 4. The van der Waals surface area contributed by atoms with Crippen LogP contribution < -0.4 is 10.5 Å². The number of methoxy groups -OCH3 is 1. The number of benzene rings is 1. The second-order valence-electron chi connectivity index (χ2n) is 6.02. The van der Waals surface area contributed by atoms with Crippen molar-refractivity contribution >= 4 is 41.0 Å². The number of aliphatic imine (C=N–C) groups is 1. The van der Waals surface area contributed by atoms with E-state index in [9.17, 15) is 0 Å². The molecule has 6 nitrogen and oxygen atoms in total. The Bertz CT molecular complexity index is 704. The number of imidazole rings is 1. The van der Waals surface area contributed by atoms with Crippen molar-refractivity contribution in [3.05, 3.63) is 24.0 Å². The maximum Gasteiger partial charge on any atom is 0.191 e. The number of hydrogen-bond donors (Lipinski definition) is 1. The number of nitrogens with two attached hydrogens (primary N) is 1. The highest BCUT2D eigenvalue weighted by atomic mass is 127. The summed E-state index contributed by atoms with van der Waals surface area (Å²) >= 11 is 0. The maximum atomic E-state index is 6.17. The van der Waals surface area contributed by atoms with Gasteiger partial charge in [-0.05, 0) is 25.0 Å². The van der Waals surface area contributed by atoms with Crippen LogP contribution in [0.5, 0.6) is 5.75 Å². The van der Waals surface area contributed by atoms with Crippen LogP contribution in [0.25, 0.3) is 11.0 Å². The predicted octanol–water partition coefficient (Wildman–Crippen LogP) is 2.89. The van der Waals surface area contributed by atoms with Crippen molar-refractivity contribution in [2.75, 3.05) is 20.2 Å². The van der Waals surface area contributed by atoms with Gasteiger partial charge >= 0.3 is 0 Å². The lowest BCUT2D eigenvalue weighted by molar-refractivity contribution is 0.415. The SMILES string of the molecule is COc1ccc2c(c1)nc(CN=C(N)N1CCCCCC1)n2C.I. The van der Waals surface area contributed by atoms with E-state index in [1.165, 1.54) is 25.7 Å². The summed E-state index contributed by atoms with van der Waals surface area (Å²) in [5.74, 6) is 2.36. The van der Waals surface area contributed by atoms with E-state index >= 15 is 0 Å². The van der Waals surface area contributed by atoms with Crippen LogP contribution in [0.4, 0.5) is 0 Å². The molecule has 2 heterocycles. The van der Waals surface area contributed by atoms with Crippen LogP contribution in [0.2, 0.25) is 0 Å². The number of fused-ring (bicyclic) bond motifs is 1. The molecule has 1 saturated heterocycles. The van der Waals surface area contributed by atoms with Gasteiger partial charge in [0, 0.05) is 26.2 Å². The van der Waals surface area contributed by atoms with Crippen molar-refractivity contribution in [3.8, 4) is 5.75 Å². The van der Waals surface area contributed by atoms with E-state index in [4.69, 9.17) is 10.5 Å². The van der Waals surface area contributed by atoms with E-state index in [1.54, 1.807) is 7.11 Å². The van der Waals surface area contributed by atoms with Gasteiger partial charge in [0.05, 0.1) is 18.1 Å². The normalized spacial score (nSPS) is 15.9. The largest absolute Gasteiger partial charge is 0.497 e. The van der Waals surface area contributed by atoms with Crippen LogP contribution in [0.15, 0.2) is 23.2 Å². The molecule has 0 aliphatic carbocycles. The zero-order valence-corrected chi connectivity index (χ0v) is 16.7. The van der Waals surface area contributed by atoms with Gasteiger partial charge in [-0.25, -0.2) is 9.98 Å². The first kappa shape index (κ1) is 18.8. The van der Waals surface area contributed by atoms with E-state index in [0.717, 1.165) is 35.7 Å². The van der Waals surface area contributed by atoms with Gasteiger partial charge in [0.15, 0.2) is 5.96 Å². The Labute approximate surface area is 160 Å². The summed E-state index contributed by atoms with van der Waals surface area (Å²) in [6.07, 6.45) is 4.97. The molecule has 1 aromatic carbocycles. The van der Waals surface area contributed by atoms with Crippen molar-refractivity contribution < 1.29 is 4.74 Å². The summed E-state index contributed by atoms with van der Waals surface area (Å²) < 4.78 is 7.32. The van der Waals surface area contributed by atoms with Gasteiger partial charge in [0.1, 0.15) is 18.1 Å². The zero-order chi connectivity index (χ0) is 16.2. The summed E-state index contributed by atoms with van der Waals surface area (Å²) in [6, 6.07) is 5.91. The maximum absolute atomic E-state index is 6.17. The van der Waals surface area contributed by atoms with E-state index < -0.39 is 0 Å². The Kier molecular flexibility index (Phi) is 6.70. The van der Waals surface area contributed by atoms with Gasteiger partial charge in [0.25, 0.3) is 0 Å². The summed E-state index contributed by atoms with van der Waals surface area (Å²) in [7, 11) is 3.67. The Hall–Kier alpha value is -1.51. The quantitative estimate of drug-likeness (QED) is 0.450. The van der Waals surface area contributed by atoms with E-state index in [-0.39, 0.29) is 24.0 Å². The van der Waals surface area contributed by atoms with Crippen molar-refractivity contribution in [1.29, 1.82) is 0 Å². The molecule has 1 aliphatic heterocycles. The van der Waals surface area contributed by atoms with Gasteiger partial charge < -0.3 is 19.9 Å². The molecule has 2 aromatic rings. The Morgan fingerprint density at radius 3 is 2.62 bits per heavy atom. The Morgan fingerprint density at radius 1 is 1.25 bits per heavy atom. The fourth-order valence-corrected chi connectivity index (χ4v) is 3.05. The molecule has 0 radical (unpaired) electrons. The van der Waals surface area contributed by atoms with Crippen LogP contribution >= 0.6 is 24.0 Å². The lowest BCUT2D eigenvalue weighted by Gasteiger charge is -2.20. The molecule has 0 saturated carbocycles. The highest BCUT2D eigenvalue weighted by molar-refractivity contribution is 14.0. The number of halogens is 1. The minimum Gasteiger partial charge on any atom is -0.497 e. The first-order valence-electron chi connectivity index (χ1n) is 8.23. The molecule has 0 atom stereocenters. The fourth-order valence-electron chi connectivity index (χ4n) is 3.05. The molecule has 0 bridgehead atoms. The van der Waals surface area contributed by atoms with E-state index in [2.05, 4.69) is 19.4 Å². The molecular formula is C17H26IN5O. The topological polar surface area (TPSA) is 68.7 Å². The van der Waals surface area contributed by atoms with Crippen molar-refractivity contribution in [3.63, 3.8) is 0 Å². The lowest BCUT2D eigenvalue weighted by atomic mass is 10.2. The molecule has 1 fully saturated rings. The van der Waals surface area contributed by atoms with Crippen molar-refractivity contribution in [2.24, 2.45) is 17.8 Å².